The molecule has 2 aromatic carbocycles. The summed E-state index contributed by atoms with van der Waals surface area (Å²) in [5.41, 5.74) is -0.595. The highest BCUT2D eigenvalue weighted by Gasteiger charge is 2.23. The summed E-state index contributed by atoms with van der Waals surface area (Å²) in [6.45, 7) is 0. The van der Waals surface area contributed by atoms with Crippen LogP contribution in [-0.4, -0.2) is 20.0 Å². The number of ether oxygens (including phenoxy) is 2. The van der Waals surface area contributed by atoms with Crippen LogP contribution >= 0.6 is 0 Å². The number of rotatable bonds is 4. The van der Waals surface area contributed by atoms with Crippen molar-refractivity contribution in [2.24, 2.45) is 0 Å². The molecule has 0 amide bonds. The molecule has 0 aliphatic carbocycles. The normalized spacial score (nSPS) is 10.3. The Balaban J connectivity index is 2.58. The van der Waals surface area contributed by atoms with E-state index in [-0.39, 0.29) is 17.1 Å². The average molecular weight is 296 g/mol. The highest BCUT2D eigenvalue weighted by atomic mass is 19.2. The Morgan fingerprint density at radius 1 is 0.905 bits per heavy atom. The lowest BCUT2D eigenvalue weighted by molar-refractivity contribution is 0.103. The zero-order valence-corrected chi connectivity index (χ0v) is 11.2. The highest BCUT2D eigenvalue weighted by Crippen LogP contribution is 2.32. The molecular formula is C15H11F3O3. The summed E-state index contributed by atoms with van der Waals surface area (Å²) in [5.74, 6) is -5.06. The van der Waals surface area contributed by atoms with Crippen LogP contribution in [0.5, 0.6) is 11.5 Å². The zero-order chi connectivity index (χ0) is 15.6. The van der Waals surface area contributed by atoms with Gasteiger partial charge in [0.15, 0.2) is 34.7 Å². The largest absolute Gasteiger partial charge is 0.493 e. The first kappa shape index (κ1) is 14.9. The van der Waals surface area contributed by atoms with E-state index < -0.39 is 28.8 Å². The Morgan fingerprint density at radius 2 is 1.62 bits per heavy atom. The van der Waals surface area contributed by atoms with E-state index in [1.165, 1.54) is 26.4 Å². The SMILES string of the molecule is COc1cccc(C(=O)c2ccc(F)c(F)c2F)c1OC. The Bertz CT molecular complexity index is 699. The number of para-hydroxylation sites is 1. The molecule has 0 atom stereocenters. The van der Waals surface area contributed by atoms with Gasteiger partial charge in [0, 0.05) is 0 Å². The minimum absolute atomic E-state index is 0.0123. The standard InChI is InChI=1S/C15H11F3O3/c1-20-11-5-3-4-9(15(11)21-2)14(19)8-6-7-10(16)13(18)12(8)17/h3-7H,1-2H3. The van der Waals surface area contributed by atoms with E-state index in [9.17, 15) is 18.0 Å². The van der Waals surface area contributed by atoms with Gasteiger partial charge in [-0.3, -0.25) is 4.79 Å². The number of hydrogen-bond donors (Lipinski definition) is 0. The summed E-state index contributed by atoms with van der Waals surface area (Å²) in [6.07, 6.45) is 0. The van der Waals surface area contributed by atoms with E-state index in [0.717, 1.165) is 6.07 Å². The minimum atomic E-state index is -1.69. The number of carbonyl (C=O) groups excluding carboxylic acids is 1. The van der Waals surface area contributed by atoms with Crippen LogP contribution in [0.3, 0.4) is 0 Å². The quantitative estimate of drug-likeness (QED) is 0.641. The maximum Gasteiger partial charge on any atom is 0.199 e. The average Bonchev–Trinajstić information content (AvgIpc) is 2.51. The first-order valence-electron chi connectivity index (χ1n) is 5.90. The van der Waals surface area contributed by atoms with Crippen molar-refractivity contribution in [2.45, 2.75) is 0 Å². The third-order valence-electron chi connectivity index (χ3n) is 2.93. The number of carbonyl (C=O) groups is 1. The molecule has 0 aliphatic rings. The van der Waals surface area contributed by atoms with Gasteiger partial charge in [0.25, 0.3) is 0 Å². The van der Waals surface area contributed by atoms with Crippen molar-refractivity contribution >= 4 is 5.78 Å². The van der Waals surface area contributed by atoms with Gasteiger partial charge in [-0.15, -0.1) is 0 Å². The van der Waals surface area contributed by atoms with Crippen LogP contribution in [0.1, 0.15) is 15.9 Å². The van der Waals surface area contributed by atoms with Crippen molar-refractivity contribution in [2.75, 3.05) is 14.2 Å². The molecule has 0 unspecified atom stereocenters. The topological polar surface area (TPSA) is 35.5 Å². The van der Waals surface area contributed by atoms with Gasteiger partial charge < -0.3 is 9.47 Å². The summed E-state index contributed by atoms with van der Waals surface area (Å²) in [4.78, 5) is 12.3. The second kappa shape index (κ2) is 5.87. The van der Waals surface area contributed by atoms with Crippen LogP contribution < -0.4 is 9.47 Å². The lowest BCUT2D eigenvalue weighted by atomic mass is 10.0. The summed E-state index contributed by atoms with van der Waals surface area (Å²) in [5, 5.41) is 0. The number of hydrogen-bond acceptors (Lipinski definition) is 3. The molecule has 110 valence electrons. The second-order valence-corrected chi connectivity index (χ2v) is 4.09. The summed E-state index contributed by atoms with van der Waals surface area (Å²) in [6, 6.07) is 6.02. The molecule has 0 saturated heterocycles. The van der Waals surface area contributed by atoms with Gasteiger partial charge in [-0.25, -0.2) is 13.2 Å². The summed E-state index contributed by atoms with van der Waals surface area (Å²) >= 11 is 0. The predicted molar refractivity (Wildman–Crippen MR) is 69.3 cm³/mol. The summed E-state index contributed by atoms with van der Waals surface area (Å²) < 4.78 is 50.0. The smallest absolute Gasteiger partial charge is 0.199 e. The Labute approximate surface area is 118 Å². The number of methoxy groups -OCH3 is 2. The van der Waals surface area contributed by atoms with Crippen LogP contribution in [0, 0.1) is 17.5 Å². The van der Waals surface area contributed by atoms with Gasteiger partial charge >= 0.3 is 0 Å². The van der Waals surface area contributed by atoms with E-state index in [2.05, 4.69) is 0 Å². The van der Waals surface area contributed by atoms with Gasteiger partial charge in [0.1, 0.15) is 0 Å². The fraction of sp³-hybridized carbons (Fsp3) is 0.133. The van der Waals surface area contributed by atoms with E-state index in [0.29, 0.717) is 6.07 Å². The molecule has 2 rings (SSSR count). The maximum absolute atomic E-state index is 13.7. The first-order valence-corrected chi connectivity index (χ1v) is 5.90. The van der Waals surface area contributed by atoms with Gasteiger partial charge in [-0.05, 0) is 24.3 Å². The lowest BCUT2D eigenvalue weighted by Crippen LogP contribution is -2.09. The molecule has 0 N–H and O–H groups in total. The third kappa shape index (κ3) is 2.56. The van der Waals surface area contributed by atoms with Crippen molar-refractivity contribution in [1.29, 1.82) is 0 Å². The Kier molecular flexibility index (Phi) is 4.16. The fourth-order valence-corrected chi connectivity index (χ4v) is 1.91. The summed E-state index contributed by atoms with van der Waals surface area (Å²) in [7, 11) is 2.69. The molecule has 0 aliphatic heterocycles. The van der Waals surface area contributed by atoms with Crippen molar-refractivity contribution in [3.8, 4) is 11.5 Å². The first-order chi connectivity index (χ1) is 10.0. The number of ketones is 1. The lowest BCUT2D eigenvalue weighted by Gasteiger charge is -2.12. The molecule has 6 heteroatoms. The number of halogens is 3. The number of benzene rings is 2. The monoisotopic (exact) mass is 296 g/mol. The van der Waals surface area contributed by atoms with Crippen LogP contribution in [0.2, 0.25) is 0 Å². The fourth-order valence-electron chi connectivity index (χ4n) is 1.91. The molecule has 0 radical (unpaired) electrons. The van der Waals surface area contributed by atoms with Crippen molar-refractivity contribution < 1.29 is 27.4 Å². The molecular weight excluding hydrogens is 285 g/mol. The van der Waals surface area contributed by atoms with Gasteiger partial charge in [0.2, 0.25) is 0 Å². The van der Waals surface area contributed by atoms with E-state index in [4.69, 9.17) is 9.47 Å². The van der Waals surface area contributed by atoms with Crippen LogP contribution in [0.15, 0.2) is 30.3 Å². The van der Waals surface area contributed by atoms with E-state index in [1.807, 2.05) is 0 Å². The Hall–Kier alpha value is -2.50. The molecule has 0 fully saturated rings. The van der Waals surface area contributed by atoms with Crippen molar-refractivity contribution in [1.82, 2.24) is 0 Å². The highest BCUT2D eigenvalue weighted by molar-refractivity contribution is 6.11. The molecule has 0 heterocycles. The molecule has 0 aromatic heterocycles. The van der Waals surface area contributed by atoms with Gasteiger partial charge in [0.05, 0.1) is 25.3 Å². The van der Waals surface area contributed by atoms with Crippen molar-refractivity contribution in [3.05, 3.63) is 58.9 Å². The Morgan fingerprint density at radius 3 is 2.24 bits per heavy atom. The molecule has 0 bridgehead atoms. The van der Waals surface area contributed by atoms with Gasteiger partial charge in [-0.2, -0.15) is 0 Å². The van der Waals surface area contributed by atoms with Crippen LogP contribution in [-0.2, 0) is 0 Å². The van der Waals surface area contributed by atoms with E-state index in [1.54, 1.807) is 6.07 Å². The molecule has 0 spiro atoms. The predicted octanol–water partition coefficient (Wildman–Crippen LogP) is 3.35. The van der Waals surface area contributed by atoms with Crippen molar-refractivity contribution in [3.63, 3.8) is 0 Å². The third-order valence-corrected chi connectivity index (χ3v) is 2.93. The molecule has 3 nitrogen and oxygen atoms in total. The van der Waals surface area contributed by atoms with Crippen LogP contribution in [0.25, 0.3) is 0 Å². The molecule has 0 saturated carbocycles. The molecule has 21 heavy (non-hydrogen) atoms. The van der Waals surface area contributed by atoms with Gasteiger partial charge in [-0.1, -0.05) is 6.07 Å². The maximum atomic E-state index is 13.7. The van der Waals surface area contributed by atoms with Crippen LogP contribution in [0.4, 0.5) is 13.2 Å². The molecule has 2 aromatic rings. The zero-order valence-electron chi connectivity index (χ0n) is 11.2. The van der Waals surface area contributed by atoms with E-state index >= 15 is 0 Å². The minimum Gasteiger partial charge on any atom is -0.493 e. The second-order valence-electron chi connectivity index (χ2n) is 4.09.